The molecule has 2 aromatic rings. The van der Waals surface area contributed by atoms with Crippen molar-refractivity contribution in [3.63, 3.8) is 0 Å². The molecule has 0 saturated carbocycles. The van der Waals surface area contributed by atoms with E-state index in [1.54, 1.807) is 36.3 Å². The Morgan fingerprint density at radius 2 is 1.79 bits per heavy atom. The van der Waals surface area contributed by atoms with E-state index in [0.717, 1.165) is 11.3 Å². The number of unbranched alkanes of at least 4 members (excludes halogenated alkanes) is 2. The van der Waals surface area contributed by atoms with Crippen LogP contribution in [0.2, 0.25) is 0 Å². The summed E-state index contributed by atoms with van der Waals surface area (Å²) in [6, 6.07) is 15.2. The number of hydrazine groups is 1. The number of carbonyl (C=O) groups is 2. The zero-order chi connectivity index (χ0) is 24.6. The van der Waals surface area contributed by atoms with Crippen molar-refractivity contribution >= 4 is 56.2 Å². The number of hydrogen-bond donors (Lipinski definition) is 2. The summed E-state index contributed by atoms with van der Waals surface area (Å²) in [5.74, 6) is 0.193. The van der Waals surface area contributed by atoms with Crippen molar-refractivity contribution in [3.8, 4) is 5.75 Å². The van der Waals surface area contributed by atoms with Gasteiger partial charge in [-0.2, -0.15) is 0 Å². The Morgan fingerprint density at radius 3 is 2.47 bits per heavy atom. The molecule has 1 fully saturated rings. The monoisotopic (exact) mass is 519 g/mol. The lowest BCUT2D eigenvalue weighted by Crippen LogP contribution is -2.41. The maximum absolute atomic E-state index is 12.7. The summed E-state index contributed by atoms with van der Waals surface area (Å²) in [6.07, 6.45) is 3.88. The van der Waals surface area contributed by atoms with Crippen LogP contribution in [0.25, 0.3) is 6.08 Å². The molecule has 0 atom stereocenters. The summed E-state index contributed by atoms with van der Waals surface area (Å²) in [5, 5.41) is 0. The maximum Gasteiger partial charge on any atom is 0.266 e. The number of thiocarbonyl (C=S) groups is 1. The Kier molecular flexibility index (Phi) is 9.22. The molecule has 2 amide bonds. The number of nitrogens with one attached hydrogen (secondary N) is 2. The van der Waals surface area contributed by atoms with Gasteiger partial charge in [0.15, 0.2) is 0 Å². The molecule has 0 bridgehead atoms. The zero-order valence-corrected chi connectivity index (χ0v) is 21.0. The van der Waals surface area contributed by atoms with E-state index in [4.69, 9.17) is 17.0 Å². The third kappa shape index (κ3) is 7.13. The molecule has 34 heavy (non-hydrogen) atoms. The van der Waals surface area contributed by atoms with Gasteiger partial charge in [0.1, 0.15) is 10.1 Å². The van der Waals surface area contributed by atoms with Gasteiger partial charge < -0.3 is 4.74 Å². The molecule has 1 aliphatic heterocycles. The number of nitrogens with zero attached hydrogens (tertiary/aromatic N) is 1. The van der Waals surface area contributed by atoms with Crippen molar-refractivity contribution in [1.29, 1.82) is 0 Å². The molecular weight excluding hydrogens is 494 g/mol. The first-order valence-electron chi connectivity index (χ1n) is 10.6. The average molecular weight is 520 g/mol. The Hall–Kier alpha value is -2.73. The summed E-state index contributed by atoms with van der Waals surface area (Å²) in [7, 11) is -2.20. The van der Waals surface area contributed by atoms with Crippen LogP contribution in [-0.4, -0.2) is 43.1 Å². The summed E-state index contributed by atoms with van der Waals surface area (Å²) in [4.78, 5) is 29.0. The van der Waals surface area contributed by atoms with Crippen LogP contribution in [0.3, 0.4) is 0 Å². The minimum absolute atomic E-state index is 0.0693. The molecule has 180 valence electrons. The van der Waals surface area contributed by atoms with Crippen LogP contribution in [0.15, 0.2) is 64.4 Å². The van der Waals surface area contributed by atoms with Gasteiger partial charge in [-0.25, -0.2) is 8.42 Å². The number of benzene rings is 2. The molecule has 1 saturated heterocycles. The predicted octanol–water partition coefficient (Wildman–Crippen LogP) is 3.47. The van der Waals surface area contributed by atoms with Gasteiger partial charge >= 0.3 is 0 Å². The fourth-order valence-corrected chi connectivity index (χ4v) is 5.31. The average Bonchev–Trinajstić information content (AvgIpc) is 3.11. The summed E-state index contributed by atoms with van der Waals surface area (Å²) >= 11 is 6.63. The molecule has 2 aromatic carbocycles. The summed E-state index contributed by atoms with van der Waals surface area (Å²) < 4.78 is 29.9. The highest BCUT2D eigenvalue weighted by molar-refractivity contribution is 8.26. The molecule has 0 spiro atoms. The van der Waals surface area contributed by atoms with Crippen molar-refractivity contribution in [2.24, 2.45) is 0 Å². The second-order valence-electron chi connectivity index (χ2n) is 7.38. The molecular formula is C23H25N3O5S3. The number of ether oxygens (including phenoxy) is 1. The van der Waals surface area contributed by atoms with Crippen LogP contribution < -0.4 is 15.0 Å². The SMILES string of the molecule is COc1ccc(/C=C2\SC(=S)N(CCCCCC(=O)NNS(=O)(=O)c3ccccc3)C2=O)cc1. The second kappa shape index (κ2) is 12.1. The first kappa shape index (κ1) is 25.9. The minimum atomic E-state index is -3.80. The van der Waals surface area contributed by atoms with E-state index in [1.807, 2.05) is 24.3 Å². The van der Waals surface area contributed by atoms with Crippen molar-refractivity contribution in [3.05, 3.63) is 65.1 Å². The van der Waals surface area contributed by atoms with E-state index in [0.29, 0.717) is 35.0 Å². The van der Waals surface area contributed by atoms with Crippen molar-refractivity contribution in [1.82, 2.24) is 15.2 Å². The number of rotatable bonds is 11. The number of amides is 2. The standard InChI is InChI=1S/C23H25N3O5S3/c1-31-18-13-11-17(12-14-18)16-20-22(28)26(23(32)33-20)15-7-3-6-10-21(27)24-25-34(29,30)19-8-4-2-5-9-19/h2,4-5,8-9,11-14,16,25H,3,6-7,10,15H2,1H3,(H,24,27)/b20-16-. The molecule has 0 unspecified atom stereocenters. The van der Waals surface area contributed by atoms with Crippen LogP contribution in [0, 0.1) is 0 Å². The largest absolute Gasteiger partial charge is 0.497 e. The zero-order valence-electron chi connectivity index (χ0n) is 18.5. The van der Waals surface area contributed by atoms with E-state index in [-0.39, 0.29) is 17.2 Å². The molecule has 3 rings (SSSR count). The smallest absolute Gasteiger partial charge is 0.266 e. The molecule has 11 heteroatoms. The number of carbonyl (C=O) groups excluding carboxylic acids is 2. The minimum Gasteiger partial charge on any atom is -0.497 e. The second-order valence-corrected chi connectivity index (χ2v) is 10.7. The van der Waals surface area contributed by atoms with E-state index in [2.05, 4.69) is 10.3 Å². The fourth-order valence-electron chi connectivity index (χ4n) is 3.12. The number of methoxy groups -OCH3 is 1. The van der Waals surface area contributed by atoms with Gasteiger partial charge in [-0.1, -0.05) is 60.7 Å². The lowest BCUT2D eigenvalue weighted by molar-refractivity contribution is -0.123. The third-order valence-corrected chi connectivity index (χ3v) is 7.59. The number of hydrogen-bond acceptors (Lipinski definition) is 7. The van der Waals surface area contributed by atoms with Crippen molar-refractivity contribution < 1.29 is 22.7 Å². The lowest BCUT2D eigenvalue weighted by Gasteiger charge is -2.14. The van der Waals surface area contributed by atoms with E-state index in [9.17, 15) is 18.0 Å². The lowest BCUT2D eigenvalue weighted by atomic mass is 10.2. The third-order valence-electron chi connectivity index (χ3n) is 4.95. The molecule has 0 aliphatic carbocycles. The molecule has 1 aliphatic rings. The van der Waals surface area contributed by atoms with Gasteiger partial charge in [0, 0.05) is 13.0 Å². The normalized spacial score (nSPS) is 15.1. The van der Waals surface area contributed by atoms with E-state index >= 15 is 0 Å². The van der Waals surface area contributed by atoms with Gasteiger partial charge in [0.25, 0.3) is 15.9 Å². The predicted molar refractivity (Wildman–Crippen MR) is 136 cm³/mol. The first-order chi connectivity index (χ1) is 16.3. The first-order valence-corrected chi connectivity index (χ1v) is 13.3. The summed E-state index contributed by atoms with van der Waals surface area (Å²) in [5.41, 5.74) is 3.11. The molecule has 1 heterocycles. The highest BCUT2D eigenvalue weighted by Gasteiger charge is 2.31. The number of thioether (sulfide) groups is 1. The Bertz CT molecular complexity index is 1170. The van der Waals surface area contributed by atoms with Crippen molar-refractivity contribution in [2.75, 3.05) is 13.7 Å². The fraction of sp³-hybridized carbons (Fsp3) is 0.261. The Balaban J connectivity index is 1.39. The maximum atomic E-state index is 12.7. The molecule has 8 nitrogen and oxygen atoms in total. The quantitative estimate of drug-likeness (QED) is 0.203. The van der Waals surface area contributed by atoms with Gasteiger partial charge in [-0.05, 0) is 48.7 Å². The van der Waals surface area contributed by atoms with Gasteiger partial charge in [-0.15, -0.1) is 4.83 Å². The summed E-state index contributed by atoms with van der Waals surface area (Å²) in [6.45, 7) is 0.465. The van der Waals surface area contributed by atoms with Gasteiger partial charge in [0.2, 0.25) is 5.91 Å². The highest BCUT2D eigenvalue weighted by atomic mass is 32.2. The Morgan fingerprint density at radius 1 is 1.09 bits per heavy atom. The van der Waals surface area contributed by atoms with E-state index in [1.165, 1.54) is 23.9 Å². The molecule has 0 radical (unpaired) electrons. The van der Waals surface area contributed by atoms with Crippen LogP contribution in [0.4, 0.5) is 0 Å². The van der Waals surface area contributed by atoms with Crippen LogP contribution in [-0.2, 0) is 19.6 Å². The highest BCUT2D eigenvalue weighted by Crippen LogP contribution is 2.33. The molecule has 0 aromatic heterocycles. The topological polar surface area (TPSA) is 105 Å². The van der Waals surface area contributed by atoms with Crippen molar-refractivity contribution in [2.45, 2.75) is 30.6 Å². The van der Waals surface area contributed by atoms with Crippen LogP contribution >= 0.6 is 24.0 Å². The Labute approximate surface area is 208 Å². The number of sulfonamides is 1. The van der Waals surface area contributed by atoms with Crippen LogP contribution in [0.1, 0.15) is 31.2 Å². The van der Waals surface area contributed by atoms with E-state index < -0.39 is 15.9 Å². The van der Waals surface area contributed by atoms with Gasteiger partial charge in [0.05, 0.1) is 16.9 Å². The van der Waals surface area contributed by atoms with Crippen LogP contribution in [0.5, 0.6) is 5.75 Å². The molecule has 2 N–H and O–H groups in total. The van der Waals surface area contributed by atoms with Gasteiger partial charge in [-0.3, -0.25) is 19.9 Å².